The number of hydrogen-bond acceptors (Lipinski definition) is 3. The van der Waals surface area contributed by atoms with Gasteiger partial charge >= 0.3 is 0 Å². The summed E-state index contributed by atoms with van der Waals surface area (Å²) in [6, 6.07) is 2.11. The van der Waals surface area contributed by atoms with Gasteiger partial charge in [0.05, 0.1) is 6.10 Å². The molecule has 0 bridgehead atoms. The Balaban J connectivity index is 2.30. The van der Waals surface area contributed by atoms with Gasteiger partial charge in [-0.3, -0.25) is 0 Å². The minimum atomic E-state index is -0.328. The lowest BCUT2D eigenvalue weighted by atomic mass is 10.1. The summed E-state index contributed by atoms with van der Waals surface area (Å²) >= 11 is 1.74. The Kier molecular flexibility index (Phi) is 2.49. The molecule has 0 aromatic carbocycles. The van der Waals surface area contributed by atoms with E-state index in [-0.39, 0.29) is 6.10 Å². The highest BCUT2D eigenvalue weighted by atomic mass is 32.1. The third-order valence-corrected chi connectivity index (χ3v) is 3.31. The molecule has 1 atom stereocenters. The second-order valence-corrected chi connectivity index (χ2v) is 4.24. The molecule has 13 heavy (non-hydrogen) atoms. The SMILES string of the molecule is Cc1ccsc1C1=CC(O)CNC1. The summed E-state index contributed by atoms with van der Waals surface area (Å²) in [5, 5.41) is 14.7. The average Bonchev–Trinajstić information content (AvgIpc) is 2.51. The molecular weight excluding hydrogens is 182 g/mol. The summed E-state index contributed by atoms with van der Waals surface area (Å²) in [5.74, 6) is 0. The molecule has 2 nitrogen and oxygen atoms in total. The first kappa shape index (κ1) is 8.94. The number of thiophene rings is 1. The molecule has 0 saturated heterocycles. The van der Waals surface area contributed by atoms with Crippen LogP contribution in [-0.4, -0.2) is 24.3 Å². The highest BCUT2D eigenvalue weighted by Crippen LogP contribution is 2.25. The fourth-order valence-electron chi connectivity index (χ4n) is 1.56. The first-order chi connectivity index (χ1) is 6.27. The van der Waals surface area contributed by atoms with Crippen LogP contribution in [-0.2, 0) is 0 Å². The van der Waals surface area contributed by atoms with Gasteiger partial charge in [-0.2, -0.15) is 0 Å². The monoisotopic (exact) mass is 195 g/mol. The Bertz CT molecular complexity index is 329. The number of nitrogens with one attached hydrogen (secondary N) is 1. The normalized spacial score (nSPS) is 22.9. The van der Waals surface area contributed by atoms with Crippen molar-refractivity contribution in [3.05, 3.63) is 28.0 Å². The number of aliphatic hydroxyl groups excluding tert-OH is 1. The van der Waals surface area contributed by atoms with Gasteiger partial charge in [0.1, 0.15) is 0 Å². The molecule has 0 amide bonds. The van der Waals surface area contributed by atoms with E-state index in [1.54, 1.807) is 11.3 Å². The number of aryl methyl sites for hydroxylation is 1. The smallest absolute Gasteiger partial charge is 0.0852 e. The van der Waals surface area contributed by atoms with Crippen LogP contribution in [0.15, 0.2) is 17.5 Å². The van der Waals surface area contributed by atoms with Crippen LogP contribution in [0.2, 0.25) is 0 Å². The van der Waals surface area contributed by atoms with E-state index in [1.807, 2.05) is 6.08 Å². The fraction of sp³-hybridized carbons (Fsp3) is 0.400. The fourth-order valence-corrected chi connectivity index (χ4v) is 2.52. The Morgan fingerprint density at radius 1 is 1.62 bits per heavy atom. The predicted octanol–water partition coefficient (Wildman–Crippen LogP) is 1.40. The van der Waals surface area contributed by atoms with Crippen LogP contribution < -0.4 is 5.32 Å². The van der Waals surface area contributed by atoms with Gasteiger partial charge < -0.3 is 10.4 Å². The van der Waals surface area contributed by atoms with Crippen molar-refractivity contribution in [2.75, 3.05) is 13.1 Å². The van der Waals surface area contributed by atoms with Gasteiger partial charge in [0, 0.05) is 18.0 Å². The highest BCUT2D eigenvalue weighted by Gasteiger charge is 2.13. The lowest BCUT2D eigenvalue weighted by molar-refractivity contribution is 0.217. The molecule has 1 aliphatic heterocycles. The van der Waals surface area contributed by atoms with Crippen molar-refractivity contribution < 1.29 is 5.11 Å². The molecule has 0 saturated carbocycles. The van der Waals surface area contributed by atoms with E-state index in [2.05, 4.69) is 23.7 Å². The third kappa shape index (κ3) is 1.82. The number of rotatable bonds is 1. The maximum Gasteiger partial charge on any atom is 0.0852 e. The molecule has 0 spiro atoms. The van der Waals surface area contributed by atoms with Crippen LogP contribution in [0, 0.1) is 6.92 Å². The van der Waals surface area contributed by atoms with Gasteiger partial charge in [-0.1, -0.05) is 0 Å². The first-order valence-corrected chi connectivity index (χ1v) is 5.29. The molecule has 1 aromatic heterocycles. The van der Waals surface area contributed by atoms with E-state index in [4.69, 9.17) is 0 Å². The van der Waals surface area contributed by atoms with Crippen LogP contribution in [0.1, 0.15) is 10.4 Å². The van der Waals surface area contributed by atoms with E-state index in [9.17, 15) is 5.11 Å². The number of hydrogen-bond donors (Lipinski definition) is 2. The lowest BCUT2D eigenvalue weighted by Gasteiger charge is -2.18. The molecule has 0 radical (unpaired) electrons. The van der Waals surface area contributed by atoms with Crippen LogP contribution in [0.25, 0.3) is 5.57 Å². The summed E-state index contributed by atoms with van der Waals surface area (Å²) in [5.41, 5.74) is 2.53. The minimum absolute atomic E-state index is 0.328. The van der Waals surface area contributed by atoms with Gasteiger partial charge in [0.15, 0.2) is 0 Å². The molecule has 2 rings (SSSR count). The first-order valence-electron chi connectivity index (χ1n) is 4.41. The van der Waals surface area contributed by atoms with E-state index >= 15 is 0 Å². The second kappa shape index (κ2) is 3.62. The summed E-state index contributed by atoms with van der Waals surface area (Å²) in [7, 11) is 0. The number of β-amino-alcohol motifs (C(OH)–C–C–N with tert-alkyl or cyclic N) is 1. The van der Waals surface area contributed by atoms with Gasteiger partial charge in [0.25, 0.3) is 0 Å². The van der Waals surface area contributed by atoms with Gasteiger partial charge in [-0.15, -0.1) is 11.3 Å². The third-order valence-electron chi connectivity index (χ3n) is 2.22. The van der Waals surface area contributed by atoms with Crippen LogP contribution >= 0.6 is 11.3 Å². The van der Waals surface area contributed by atoms with Crippen molar-refractivity contribution in [2.45, 2.75) is 13.0 Å². The zero-order chi connectivity index (χ0) is 9.26. The molecule has 70 valence electrons. The van der Waals surface area contributed by atoms with Crippen LogP contribution in [0.3, 0.4) is 0 Å². The predicted molar refractivity (Wildman–Crippen MR) is 55.9 cm³/mol. The second-order valence-electron chi connectivity index (χ2n) is 3.32. The molecule has 1 aromatic rings. The summed E-state index contributed by atoms with van der Waals surface area (Å²) < 4.78 is 0. The van der Waals surface area contributed by atoms with E-state index in [0.717, 1.165) is 6.54 Å². The van der Waals surface area contributed by atoms with Crippen LogP contribution in [0.5, 0.6) is 0 Å². The van der Waals surface area contributed by atoms with Gasteiger partial charge in [-0.05, 0) is 35.6 Å². The molecule has 1 aliphatic rings. The topological polar surface area (TPSA) is 32.3 Å². The summed E-state index contributed by atoms with van der Waals surface area (Å²) in [6.45, 7) is 3.65. The maximum atomic E-state index is 9.44. The summed E-state index contributed by atoms with van der Waals surface area (Å²) in [6.07, 6.45) is 1.63. The standard InChI is InChI=1S/C10H13NOS/c1-7-2-3-13-10(7)8-4-9(12)6-11-5-8/h2-4,9,11-12H,5-6H2,1H3. The Labute approximate surface area is 81.9 Å². The van der Waals surface area contributed by atoms with Crippen LogP contribution in [0.4, 0.5) is 0 Å². The minimum Gasteiger partial charge on any atom is -0.388 e. The van der Waals surface area contributed by atoms with E-state index < -0.39 is 0 Å². The lowest BCUT2D eigenvalue weighted by Crippen LogP contribution is -2.31. The average molecular weight is 195 g/mol. The Hall–Kier alpha value is -0.640. The molecule has 0 aliphatic carbocycles. The largest absolute Gasteiger partial charge is 0.388 e. The molecule has 1 unspecified atom stereocenters. The van der Waals surface area contributed by atoms with Crippen molar-refractivity contribution in [1.29, 1.82) is 0 Å². The zero-order valence-electron chi connectivity index (χ0n) is 7.58. The Morgan fingerprint density at radius 3 is 3.08 bits per heavy atom. The maximum absolute atomic E-state index is 9.44. The molecule has 0 fully saturated rings. The van der Waals surface area contributed by atoms with Crippen molar-refractivity contribution in [2.24, 2.45) is 0 Å². The van der Waals surface area contributed by atoms with Gasteiger partial charge in [0.2, 0.25) is 0 Å². The number of aliphatic hydroxyl groups is 1. The van der Waals surface area contributed by atoms with Crippen molar-refractivity contribution in [3.63, 3.8) is 0 Å². The van der Waals surface area contributed by atoms with Gasteiger partial charge in [-0.25, -0.2) is 0 Å². The van der Waals surface area contributed by atoms with E-state index in [0.29, 0.717) is 6.54 Å². The summed E-state index contributed by atoms with van der Waals surface area (Å²) in [4.78, 5) is 1.30. The molecule has 2 N–H and O–H groups in total. The van der Waals surface area contributed by atoms with Crippen molar-refractivity contribution in [1.82, 2.24) is 5.32 Å². The van der Waals surface area contributed by atoms with E-state index in [1.165, 1.54) is 16.0 Å². The molecular formula is C10H13NOS. The highest BCUT2D eigenvalue weighted by molar-refractivity contribution is 7.11. The van der Waals surface area contributed by atoms with Crippen molar-refractivity contribution in [3.8, 4) is 0 Å². The molecule has 2 heterocycles. The quantitative estimate of drug-likeness (QED) is 0.710. The van der Waals surface area contributed by atoms with Crippen molar-refractivity contribution >= 4 is 16.9 Å². The Morgan fingerprint density at radius 2 is 2.46 bits per heavy atom. The molecule has 3 heteroatoms. The zero-order valence-corrected chi connectivity index (χ0v) is 8.40.